The van der Waals surface area contributed by atoms with Crippen molar-refractivity contribution in [2.75, 3.05) is 5.73 Å². The van der Waals surface area contributed by atoms with Crippen LogP contribution in [0.25, 0.3) is 11.3 Å². The average molecular weight is 277 g/mol. The smallest absolute Gasteiger partial charge is 0.149 e. The van der Waals surface area contributed by atoms with Crippen molar-refractivity contribution < 1.29 is 5.11 Å². The summed E-state index contributed by atoms with van der Waals surface area (Å²) in [5.41, 5.74) is 9.24. The van der Waals surface area contributed by atoms with Gasteiger partial charge in [0.1, 0.15) is 11.6 Å². The third-order valence-electron chi connectivity index (χ3n) is 3.32. The number of hydrogen-bond acceptors (Lipinski definition) is 4. The van der Waals surface area contributed by atoms with E-state index in [0.29, 0.717) is 23.5 Å². The summed E-state index contributed by atoms with van der Waals surface area (Å²) in [7, 11) is 0. The fraction of sp³-hybridized carbons (Fsp3) is 0.0588. The van der Waals surface area contributed by atoms with E-state index in [1.165, 1.54) is 0 Å². The van der Waals surface area contributed by atoms with E-state index >= 15 is 0 Å². The lowest BCUT2D eigenvalue weighted by atomic mass is 10.0. The molecule has 0 saturated carbocycles. The number of phenols is 1. The lowest BCUT2D eigenvalue weighted by molar-refractivity contribution is 0.477. The second-order valence-electron chi connectivity index (χ2n) is 4.82. The van der Waals surface area contributed by atoms with Crippen LogP contribution < -0.4 is 5.73 Å². The predicted octanol–water partition coefficient (Wildman–Crippen LogP) is 3.02. The van der Waals surface area contributed by atoms with Crippen molar-refractivity contribution in [2.24, 2.45) is 0 Å². The van der Waals surface area contributed by atoms with Crippen LogP contribution in [0, 0.1) is 0 Å². The van der Waals surface area contributed by atoms with Gasteiger partial charge in [0.15, 0.2) is 0 Å². The molecule has 0 bridgehead atoms. The van der Waals surface area contributed by atoms with Crippen molar-refractivity contribution >= 4 is 5.82 Å². The molecule has 0 aliphatic rings. The summed E-state index contributed by atoms with van der Waals surface area (Å²) >= 11 is 0. The molecule has 104 valence electrons. The van der Waals surface area contributed by atoms with Gasteiger partial charge in [0, 0.05) is 17.5 Å². The Kier molecular flexibility index (Phi) is 3.51. The van der Waals surface area contributed by atoms with Crippen LogP contribution in [0.5, 0.6) is 5.75 Å². The fourth-order valence-electron chi connectivity index (χ4n) is 2.22. The Bertz CT molecular complexity index is 757. The minimum atomic E-state index is 0.183. The number of hydrogen-bond donors (Lipinski definition) is 2. The van der Waals surface area contributed by atoms with Gasteiger partial charge in [-0.25, -0.2) is 0 Å². The van der Waals surface area contributed by atoms with Gasteiger partial charge in [0.05, 0.1) is 5.69 Å². The van der Waals surface area contributed by atoms with Crippen molar-refractivity contribution in [2.45, 2.75) is 6.42 Å². The Morgan fingerprint density at radius 3 is 2.38 bits per heavy atom. The van der Waals surface area contributed by atoms with Crippen molar-refractivity contribution in [3.8, 4) is 17.0 Å². The van der Waals surface area contributed by atoms with Crippen LogP contribution in [0.1, 0.15) is 11.1 Å². The molecule has 0 aliphatic heterocycles. The van der Waals surface area contributed by atoms with Gasteiger partial charge in [0.25, 0.3) is 0 Å². The third kappa shape index (κ3) is 2.84. The second-order valence-corrected chi connectivity index (χ2v) is 4.82. The van der Waals surface area contributed by atoms with Crippen molar-refractivity contribution in [3.05, 3.63) is 71.8 Å². The normalized spacial score (nSPS) is 10.5. The fourth-order valence-corrected chi connectivity index (χ4v) is 2.22. The summed E-state index contributed by atoms with van der Waals surface area (Å²) in [5, 5.41) is 18.0. The van der Waals surface area contributed by atoms with Gasteiger partial charge >= 0.3 is 0 Å². The molecule has 0 saturated heterocycles. The van der Waals surface area contributed by atoms with Crippen molar-refractivity contribution in [1.29, 1.82) is 0 Å². The van der Waals surface area contributed by atoms with E-state index in [2.05, 4.69) is 10.2 Å². The molecular weight excluding hydrogens is 262 g/mol. The molecule has 0 aliphatic carbocycles. The highest BCUT2D eigenvalue weighted by Crippen LogP contribution is 2.28. The van der Waals surface area contributed by atoms with Gasteiger partial charge in [-0.2, -0.15) is 0 Å². The van der Waals surface area contributed by atoms with E-state index in [1.54, 1.807) is 12.1 Å². The highest BCUT2D eigenvalue weighted by molar-refractivity contribution is 5.67. The van der Waals surface area contributed by atoms with E-state index in [0.717, 1.165) is 11.1 Å². The number of nitrogens with two attached hydrogens (primary N) is 1. The molecular formula is C17H15N3O. The summed E-state index contributed by atoms with van der Waals surface area (Å²) in [6, 6.07) is 19.0. The van der Waals surface area contributed by atoms with Crippen LogP contribution in [-0.4, -0.2) is 15.3 Å². The summed E-state index contributed by atoms with van der Waals surface area (Å²) < 4.78 is 0. The van der Waals surface area contributed by atoms with E-state index in [9.17, 15) is 5.11 Å². The lowest BCUT2D eigenvalue weighted by Crippen LogP contribution is -2.02. The van der Waals surface area contributed by atoms with Crippen LogP contribution in [-0.2, 0) is 6.42 Å². The number of phenolic OH excluding ortho intramolecular Hbond substituents is 1. The second kappa shape index (κ2) is 5.63. The molecule has 3 rings (SSSR count). The van der Waals surface area contributed by atoms with Crippen LogP contribution in [0.3, 0.4) is 0 Å². The number of aromatic nitrogens is 2. The highest BCUT2D eigenvalue weighted by atomic mass is 16.3. The Balaban J connectivity index is 1.99. The number of nitrogen functional groups attached to an aromatic ring is 1. The maximum absolute atomic E-state index is 9.91. The summed E-state index contributed by atoms with van der Waals surface area (Å²) in [6.07, 6.45) is 0.683. The zero-order valence-electron chi connectivity index (χ0n) is 11.4. The highest BCUT2D eigenvalue weighted by Gasteiger charge is 2.10. The maximum Gasteiger partial charge on any atom is 0.149 e. The largest absolute Gasteiger partial charge is 0.507 e. The van der Waals surface area contributed by atoms with Gasteiger partial charge in [-0.05, 0) is 23.8 Å². The SMILES string of the molecule is Nc1nnc(-c2ccccc2O)cc1Cc1ccccc1. The van der Waals surface area contributed by atoms with Crippen LogP contribution in [0.15, 0.2) is 60.7 Å². The van der Waals surface area contributed by atoms with Gasteiger partial charge in [0.2, 0.25) is 0 Å². The molecule has 3 aromatic rings. The molecule has 21 heavy (non-hydrogen) atoms. The van der Waals surface area contributed by atoms with Crippen LogP contribution >= 0.6 is 0 Å². The molecule has 0 fully saturated rings. The van der Waals surface area contributed by atoms with E-state index in [1.807, 2.05) is 48.5 Å². The average Bonchev–Trinajstić information content (AvgIpc) is 2.51. The monoisotopic (exact) mass is 277 g/mol. The Labute approximate surface area is 122 Å². The molecule has 1 aromatic heterocycles. The Hall–Kier alpha value is -2.88. The molecule has 0 spiro atoms. The lowest BCUT2D eigenvalue weighted by Gasteiger charge is -2.08. The first-order chi connectivity index (χ1) is 10.2. The van der Waals surface area contributed by atoms with Crippen molar-refractivity contribution in [3.63, 3.8) is 0 Å². The van der Waals surface area contributed by atoms with Gasteiger partial charge in [-0.15, -0.1) is 10.2 Å². The first kappa shape index (κ1) is 13.1. The number of benzene rings is 2. The molecule has 3 N–H and O–H groups in total. The van der Waals surface area contributed by atoms with Crippen LogP contribution in [0.4, 0.5) is 5.82 Å². The molecule has 0 unspecified atom stereocenters. The number of aromatic hydroxyl groups is 1. The molecule has 1 heterocycles. The molecule has 4 nitrogen and oxygen atoms in total. The first-order valence-electron chi connectivity index (χ1n) is 6.68. The van der Waals surface area contributed by atoms with E-state index in [4.69, 9.17) is 5.73 Å². The topological polar surface area (TPSA) is 72.0 Å². The maximum atomic E-state index is 9.91. The summed E-state index contributed by atoms with van der Waals surface area (Å²) in [5.74, 6) is 0.597. The van der Waals surface area contributed by atoms with Crippen molar-refractivity contribution in [1.82, 2.24) is 10.2 Å². The number of para-hydroxylation sites is 1. The molecule has 4 heteroatoms. The number of rotatable bonds is 3. The standard InChI is InChI=1S/C17H15N3O/c18-17-13(10-12-6-2-1-3-7-12)11-15(19-20-17)14-8-4-5-9-16(14)21/h1-9,11,21H,10H2,(H2,18,20). The third-order valence-corrected chi connectivity index (χ3v) is 3.32. The van der Waals surface area contributed by atoms with Gasteiger partial charge in [-0.3, -0.25) is 0 Å². The number of nitrogens with zero attached hydrogens (tertiary/aromatic N) is 2. The van der Waals surface area contributed by atoms with Gasteiger partial charge < -0.3 is 10.8 Å². The van der Waals surface area contributed by atoms with Crippen LogP contribution in [0.2, 0.25) is 0 Å². The predicted molar refractivity (Wildman–Crippen MR) is 82.8 cm³/mol. The Morgan fingerprint density at radius 2 is 1.62 bits per heavy atom. The van der Waals surface area contributed by atoms with E-state index in [-0.39, 0.29) is 5.75 Å². The molecule has 0 atom stereocenters. The Morgan fingerprint density at radius 1 is 0.905 bits per heavy atom. The summed E-state index contributed by atoms with van der Waals surface area (Å²) in [6.45, 7) is 0. The van der Waals surface area contributed by atoms with Gasteiger partial charge in [-0.1, -0.05) is 42.5 Å². The molecule has 0 radical (unpaired) electrons. The summed E-state index contributed by atoms with van der Waals surface area (Å²) in [4.78, 5) is 0. The molecule has 0 amide bonds. The van der Waals surface area contributed by atoms with E-state index < -0.39 is 0 Å². The zero-order chi connectivity index (χ0) is 14.7. The molecule has 2 aromatic carbocycles. The number of anilines is 1. The quantitative estimate of drug-likeness (QED) is 0.772. The minimum absolute atomic E-state index is 0.183. The zero-order valence-corrected chi connectivity index (χ0v) is 11.4. The minimum Gasteiger partial charge on any atom is -0.507 e. The first-order valence-corrected chi connectivity index (χ1v) is 6.68.